The van der Waals surface area contributed by atoms with Crippen LogP contribution in [-0.2, 0) is 4.79 Å². The van der Waals surface area contributed by atoms with E-state index in [4.69, 9.17) is 13.9 Å². The molecule has 0 aliphatic heterocycles. The molecule has 3 rings (SSSR count). The molecule has 2 aromatic carbocycles. The van der Waals surface area contributed by atoms with Crippen LogP contribution in [0.3, 0.4) is 0 Å². The predicted molar refractivity (Wildman–Crippen MR) is 119 cm³/mol. The molecule has 0 aliphatic rings. The predicted octanol–water partition coefficient (Wildman–Crippen LogP) is 5.41. The highest BCUT2D eigenvalue weighted by atomic mass is 16.6. The van der Waals surface area contributed by atoms with Gasteiger partial charge in [-0.05, 0) is 51.0 Å². The molecule has 0 aliphatic carbocycles. The topological polar surface area (TPSA) is 104 Å². The summed E-state index contributed by atoms with van der Waals surface area (Å²) in [6.07, 6.45) is 3.16. The Morgan fingerprint density at radius 1 is 1.29 bits per heavy atom. The lowest BCUT2D eigenvalue weighted by Crippen LogP contribution is -2.10. The number of nitrogens with zero attached hydrogens (tertiary/aromatic N) is 1. The number of carbonyl (C=O) groups excluding carboxylic acids is 1. The van der Waals surface area contributed by atoms with Crippen LogP contribution >= 0.6 is 0 Å². The quantitative estimate of drug-likeness (QED) is 0.309. The van der Waals surface area contributed by atoms with Gasteiger partial charge in [0.2, 0.25) is 5.91 Å². The summed E-state index contributed by atoms with van der Waals surface area (Å²) in [5.41, 5.74) is 4.33. The van der Waals surface area contributed by atoms with E-state index in [9.17, 15) is 14.9 Å². The number of allylic oxidation sites excluding steroid dienone is 1. The van der Waals surface area contributed by atoms with E-state index < -0.39 is 10.8 Å². The lowest BCUT2D eigenvalue weighted by Gasteiger charge is -2.15. The number of methoxy groups -OCH3 is 1. The number of amides is 1. The maximum atomic E-state index is 12.7. The molecule has 8 nitrogen and oxygen atoms in total. The van der Waals surface area contributed by atoms with E-state index in [2.05, 4.69) is 5.32 Å². The Labute approximate surface area is 179 Å². The summed E-state index contributed by atoms with van der Waals surface area (Å²) in [7, 11) is 1.38. The number of non-ortho nitro benzene ring substituents is 1. The molecule has 0 unspecified atom stereocenters. The number of nitro benzene ring substituents is 1. The van der Waals surface area contributed by atoms with Crippen LogP contribution in [0.15, 0.2) is 41.0 Å². The first-order valence-corrected chi connectivity index (χ1v) is 9.73. The van der Waals surface area contributed by atoms with Crippen LogP contribution < -0.4 is 14.8 Å². The number of hydrogen-bond acceptors (Lipinski definition) is 6. The SMILES string of the molecule is CCOc1c(/C(C)=C/C(=O)Nc2ccc([N+](=O)[O-])cc2OC)cc2c(C)coc2c1C. The van der Waals surface area contributed by atoms with Gasteiger partial charge >= 0.3 is 0 Å². The number of ether oxygens (including phenoxy) is 2. The normalized spacial score (nSPS) is 11.5. The van der Waals surface area contributed by atoms with Gasteiger partial charge in [-0.15, -0.1) is 0 Å². The van der Waals surface area contributed by atoms with Crippen molar-refractivity contribution in [3.8, 4) is 11.5 Å². The number of hydrogen-bond donors (Lipinski definition) is 1. The van der Waals surface area contributed by atoms with E-state index in [1.165, 1.54) is 31.4 Å². The fourth-order valence-corrected chi connectivity index (χ4v) is 3.40. The number of carbonyl (C=O) groups is 1. The van der Waals surface area contributed by atoms with Crippen molar-refractivity contribution in [1.29, 1.82) is 0 Å². The Balaban J connectivity index is 1.96. The summed E-state index contributed by atoms with van der Waals surface area (Å²) in [5, 5.41) is 14.6. The van der Waals surface area contributed by atoms with Crippen molar-refractivity contribution in [3.05, 3.63) is 63.4 Å². The Hall–Kier alpha value is -3.81. The zero-order valence-electron chi connectivity index (χ0n) is 18.1. The molecule has 0 atom stereocenters. The van der Waals surface area contributed by atoms with E-state index >= 15 is 0 Å². The number of aryl methyl sites for hydroxylation is 2. The minimum absolute atomic E-state index is 0.123. The molecule has 0 spiro atoms. The molecular formula is C23H24N2O6. The van der Waals surface area contributed by atoms with Gasteiger partial charge in [0.15, 0.2) is 0 Å². The first kappa shape index (κ1) is 21.9. The zero-order valence-corrected chi connectivity index (χ0v) is 18.1. The highest BCUT2D eigenvalue weighted by Crippen LogP contribution is 2.38. The molecular weight excluding hydrogens is 400 g/mol. The minimum Gasteiger partial charge on any atom is -0.494 e. The number of benzene rings is 2. The lowest BCUT2D eigenvalue weighted by molar-refractivity contribution is -0.384. The van der Waals surface area contributed by atoms with Gasteiger partial charge in [-0.3, -0.25) is 14.9 Å². The molecule has 1 heterocycles. The molecule has 1 amide bonds. The third-order valence-electron chi connectivity index (χ3n) is 4.95. The molecule has 8 heteroatoms. The molecule has 1 aromatic heterocycles. The maximum absolute atomic E-state index is 12.7. The van der Waals surface area contributed by atoms with E-state index in [1.807, 2.05) is 33.8 Å². The van der Waals surface area contributed by atoms with Crippen molar-refractivity contribution in [2.24, 2.45) is 0 Å². The Morgan fingerprint density at radius 3 is 2.68 bits per heavy atom. The first-order chi connectivity index (χ1) is 14.8. The van der Waals surface area contributed by atoms with Crippen LogP contribution in [0.2, 0.25) is 0 Å². The Morgan fingerprint density at radius 2 is 2.03 bits per heavy atom. The van der Waals surface area contributed by atoms with Gasteiger partial charge in [0.05, 0.1) is 36.7 Å². The monoisotopic (exact) mass is 424 g/mol. The van der Waals surface area contributed by atoms with E-state index in [0.717, 1.165) is 27.7 Å². The van der Waals surface area contributed by atoms with Gasteiger partial charge in [-0.1, -0.05) is 0 Å². The summed E-state index contributed by atoms with van der Waals surface area (Å²) < 4.78 is 16.7. The number of fused-ring (bicyclic) bond motifs is 1. The highest BCUT2D eigenvalue weighted by molar-refractivity contribution is 6.05. The second-order valence-corrected chi connectivity index (χ2v) is 7.06. The molecule has 0 fully saturated rings. The van der Waals surface area contributed by atoms with Crippen molar-refractivity contribution >= 4 is 33.8 Å². The van der Waals surface area contributed by atoms with Gasteiger partial charge in [0.25, 0.3) is 5.69 Å². The van der Waals surface area contributed by atoms with Crippen LogP contribution in [0.5, 0.6) is 11.5 Å². The molecule has 31 heavy (non-hydrogen) atoms. The van der Waals surface area contributed by atoms with Crippen molar-refractivity contribution in [2.45, 2.75) is 27.7 Å². The summed E-state index contributed by atoms with van der Waals surface area (Å²) in [6.45, 7) is 8.08. The van der Waals surface area contributed by atoms with Crippen LogP contribution in [0.4, 0.5) is 11.4 Å². The first-order valence-electron chi connectivity index (χ1n) is 9.73. The number of nitrogens with one attached hydrogen (secondary N) is 1. The molecule has 0 saturated carbocycles. The molecule has 0 bridgehead atoms. The average Bonchev–Trinajstić information content (AvgIpc) is 3.10. The third kappa shape index (κ3) is 4.37. The number of anilines is 1. The van der Waals surface area contributed by atoms with Gasteiger partial charge in [0, 0.05) is 28.7 Å². The summed E-state index contributed by atoms with van der Waals surface area (Å²) >= 11 is 0. The van der Waals surface area contributed by atoms with Crippen molar-refractivity contribution in [1.82, 2.24) is 0 Å². The zero-order chi connectivity index (χ0) is 22.7. The average molecular weight is 424 g/mol. The van der Waals surface area contributed by atoms with Gasteiger partial charge < -0.3 is 19.2 Å². The van der Waals surface area contributed by atoms with Crippen LogP contribution in [0.25, 0.3) is 16.5 Å². The second kappa shape index (κ2) is 8.91. The van der Waals surface area contributed by atoms with Gasteiger partial charge in [0.1, 0.15) is 17.1 Å². The molecule has 1 N–H and O–H groups in total. The molecule has 162 valence electrons. The fraction of sp³-hybridized carbons (Fsp3) is 0.261. The molecule has 3 aromatic rings. The van der Waals surface area contributed by atoms with E-state index in [0.29, 0.717) is 23.6 Å². The molecule has 0 saturated heterocycles. The summed E-state index contributed by atoms with van der Waals surface area (Å²) in [6, 6.07) is 5.96. The third-order valence-corrected chi connectivity index (χ3v) is 4.95. The standard InChI is InChI=1S/C23H24N2O6/c1-6-30-22-15(4)23-18(14(3)12-31-23)11-17(22)13(2)9-21(26)24-19-8-7-16(25(27)28)10-20(19)29-5/h7-12H,6H2,1-5H3,(H,24,26)/b13-9+. The highest BCUT2D eigenvalue weighted by Gasteiger charge is 2.18. The number of furan rings is 1. The molecule has 0 radical (unpaired) electrons. The lowest BCUT2D eigenvalue weighted by atomic mass is 9.98. The number of rotatable bonds is 7. The summed E-state index contributed by atoms with van der Waals surface area (Å²) in [4.78, 5) is 23.1. The van der Waals surface area contributed by atoms with Gasteiger partial charge in [-0.25, -0.2) is 0 Å². The largest absolute Gasteiger partial charge is 0.494 e. The second-order valence-electron chi connectivity index (χ2n) is 7.06. The maximum Gasteiger partial charge on any atom is 0.273 e. The van der Waals surface area contributed by atoms with Crippen LogP contribution in [0.1, 0.15) is 30.5 Å². The van der Waals surface area contributed by atoms with Crippen LogP contribution in [-0.4, -0.2) is 24.5 Å². The van der Waals surface area contributed by atoms with E-state index in [1.54, 1.807) is 6.26 Å². The van der Waals surface area contributed by atoms with Crippen molar-refractivity contribution in [2.75, 3.05) is 19.0 Å². The fourth-order valence-electron chi connectivity index (χ4n) is 3.40. The van der Waals surface area contributed by atoms with Crippen LogP contribution in [0, 0.1) is 24.0 Å². The smallest absolute Gasteiger partial charge is 0.273 e. The minimum atomic E-state index is -0.524. The van der Waals surface area contributed by atoms with E-state index in [-0.39, 0.29) is 11.4 Å². The Kier molecular flexibility index (Phi) is 6.29. The Bertz CT molecular complexity index is 1190. The summed E-state index contributed by atoms with van der Waals surface area (Å²) in [5.74, 6) is 0.475. The van der Waals surface area contributed by atoms with Crippen molar-refractivity contribution in [3.63, 3.8) is 0 Å². The van der Waals surface area contributed by atoms with Gasteiger partial charge in [-0.2, -0.15) is 0 Å². The van der Waals surface area contributed by atoms with Crippen molar-refractivity contribution < 1.29 is 23.6 Å². The number of nitro groups is 1.